The molecule has 0 unspecified atom stereocenters. The summed E-state index contributed by atoms with van der Waals surface area (Å²) in [5.41, 5.74) is 0.826. The van der Waals surface area contributed by atoms with Crippen LogP contribution in [0.5, 0.6) is 11.5 Å². The number of nitrogens with zero attached hydrogens (tertiary/aromatic N) is 3. The second-order valence-corrected chi connectivity index (χ2v) is 5.18. The maximum Gasteiger partial charge on any atom is 0.358 e. The van der Waals surface area contributed by atoms with Gasteiger partial charge < -0.3 is 19.9 Å². The Morgan fingerprint density at radius 3 is 2.79 bits per heavy atom. The van der Waals surface area contributed by atoms with Gasteiger partial charge >= 0.3 is 5.97 Å². The molecule has 2 aromatic rings. The minimum atomic E-state index is -1.18. The number of hydrogen-bond acceptors (Lipinski definition) is 6. The highest BCUT2D eigenvalue weighted by atomic mass is 16.6. The topological polar surface area (TPSA) is 116 Å². The number of benzene rings is 1. The number of carbonyl (C=O) groups excluding carboxylic acids is 1. The van der Waals surface area contributed by atoms with E-state index in [0.717, 1.165) is 11.3 Å². The van der Waals surface area contributed by atoms with Crippen molar-refractivity contribution in [2.75, 3.05) is 19.8 Å². The fourth-order valence-electron chi connectivity index (χ4n) is 2.27. The Labute approximate surface area is 137 Å². The Morgan fingerprint density at radius 1 is 1.25 bits per heavy atom. The Bertz CT molecular complexity index is 758. The van der Waals surface area contributed by atoms with E-state index in [0.29, 0.717) is 31.9 Å². The van der Waals surface area contributed by atoms with E-state index in [4.69, 9.17) is 14.6 Å². The summed E-state index contributed by atoms with van der Waals surface area (Å²) in [7, 11) is 0. The van der Waals surface area contributed by atoms with Crippen LogP contribution in [-0.4, -0.2) is 51.7 Å². The minimum absolute atomic E-state index is 0.0819. The van der Waals surface area contributed by atoms with Crippen molar-refractivity contribution in [2.45, 2.75) is 13.0 Å². The van der Waals surface area contributed by atoms with Crippen LogP contribution in [0.4, 0.5) is 0 Å². The molecule has 0 bridgehead atoms. The number of nitrogens with one attached hydrogen (secondary N) is 1. The molecule has 2 N–H and O–H groups in total. The van der Waals surface area contributed by atoms with Crippen molar-refractivity contribution in [1.82, 2.24) is 20.3 Å². The largest absolute Gasteiger partial charge is 0.486 e. The molecular formula is C15H16N4O5. The number of carbonyl (C=O) groups is 2. The molecule has 0 radical (unpaired) electrons. The number of fused-ring (bicyclic) bond motifs is 1. The fourth-order valence-corrected chi connectivity index (χ4v) is 2.27. The van der Waals surface area contributed by atoms with Gasteiger partial charge in [-0.2, -0.15) is 0 Å². The second kappa shape index (κ2) is 6.99. The van der Waals surface area contributed by atoms with Gasteiger partial charge in [0, 0.05) is 6.54 Å². The number of aromatic nitrogens is 3. The van der Waals surface area contributed by atoms with Gasteiger partial charge in [0.05, 0.1) is 6.20 Å². The Balaban J connectivity index is 1.47. The lowest BCUT2D eigenvalue weighted by Crippen LogP contribution is -2.29. The van der Waals surface area contributed by atoms with E-state index in [1.54, 1.807) is 0 Å². The van der Waals surface area contributed by atoms with Crippen LogP contribution in [0.1, 0.15) is 16.1 Å². The first-order chi connectivity index (χ1) is 11.6. The first-order valence-electron chi connectivity index (χ1n) is 7.40. The van der Waals surface area contributed by atoms with E-state index in [-0.39, 0.29) is 18.1 Å². The van der Waals surface area contributed by atoms with E-state index in [1.807, 2.05) is 18.2 Å². The quantitative estimate of drug-likeness (QED) is 0.771. The molecule has 0 saturated heterocycles. The highest BCUT2D eigenvalue weighted by molar-refractivity contribution is 5.84. The van der Waals surface area contributed by atoms with Crippen LogP contribution in [0.2, 0.25) is 0 Å². The van der Waals surface area contributed by atoms with Gasteiger partial charge in [-0.15, -0.1) is 5.10 Å². The van der Waals surface area contributed by atoms with Crippen molar-refractivity contribution >= 4 is 11.9 Å². The average Bonchev–Trinajstić information content (AvgIpc) is 3.03. The maximum absolute atomic E-state index is 11.8. The van der Waals surface area contributed by atoms with E-state index < -0.39 is 5.97 Å². The first kappa shape index (κ1) is 15.8. The normalized spacial score (nSPS) is 12.7. The van der Waals surface area contributed by atoms with Crippen LogP contribution in [0, 0.1) is 0 Å². The average molecular weight is 332 g/mol. The highest BCUT2D eigenvalue weighted by Gasteiger charge is 2.12. The molecule has 3 rings (SSSR count). The highest BCUT2D eigenvalue weighted by Crippen LogP contribution is 2.30. The Kier molecular flexibility index (Phi) is 4.59. The van der Waals surface area contributed by atoms with Crippen molar-refractivity contribution < 1.29 is 24.2 Å². The van der Waals surface area contributed by atoms with Crippen molar-refractivity contribution in [3.63, 3.8) is 0 Å². The van der Waals surface area contributed by atoms with E-state index in [9.17, 15) is 9.59 Å². The van der Waals surface area contributed by atoms with Gasteiger partial charge in [0.1, 0.15) is 19.8 Å². The zero-order valence-corrected chi connectivity index (χ0v) is 12.8. The molecule has 0 saturated carbocycles. The molecule has 1 amide bonds. The summed E-state index contributed by atoms with van der Waals surface area (Å²) >= 11 is 0. The minimum Gasteiger partial charge on any atom is -0.486 e. The molecule has 0 aliphatic carbocycles. The monoisotopic (exact) mass is 332 g/mol. The summed E-state index contributed by atoms with van der Waals surface area (Å²) in [5, 5.41) is 18.5. The smallest absolute Gasteiger partial charge is 0.358 e. The van der Waals surface area contributed by atoms with Gasteiger partial charge in [-0.25, -0.2) is 9.48 Å². The maximum atomic E-state index is 11.8. The third-order valence-electron chi connectivity index (χ3n) is 3.41. The molecule has 0 spiro atoms. The van der Waals surface area contributed by atoms with Gasteiger partial charge in [-0.3, -0.25) is 4.79 Å². The molecule has 2 heterocycles. The Hall–Kier alpha value is -3.10. The number of carboxylic acids is 1. The molecule has 24 heavy (non-hydrogen) atoms. The van der Waals surface area contributed by atoms with Gasteiger partial charge in [0.25, 0.3) is 0 Å². The zero-order chi connectivity index (χ0) is 16.9. The lowest BCUT2D eigenvalue weighted by atomic mass is 10.1. The third kappa shape index (κ3) is 3.80. The van der Waals surface area contributed by atoms with E-state index >= 15 is 0 Å². The summed E-state index contributed by atoms with van der Waals surface area (Å²) in [4.78, 5) is 22.5. The van der Waals surface area contributed by atoms with Crippen LogP contribution in [0.15, 0.2) is 24.4 Å². The number of rotatable bonds is 6. The standard InChI is InChI=1S/C15H16N4O5/c20-14(9-19-8-11(15(21)22)17-18-19)16-4-3-10-1-2-12-13(7-10)24-6-5-23-12/h1-2,7-8H,3-6,9H2,(H,16,20)(H,21,22). The van der Waals surface area contributed by atoms with Crippen LogP contribution in [0.3, 0.4) is 0 Å². The van der Waals surface area contributed by atoms with Crippen molar-refractivity contribution in [1.29, 1.82) is 0 Å². The molecule has 1 aromatic carbocycles. The number of amides is 1. The van der Waals surface area contributed by atoms with Gasteiger partial charge in [0.15, 0.2) is 17.2 Å². The molecule has 9 nitrogen and oxygen atoms in total. The summed E-state index contributed by atoms with van der Waals surface area (Å²) < 4.78 is 12.2. The van der Waals surface area contributed by atoms with E-state index in [2.05, 4.69) is 15.6 Å². The lowest BCUT2D eigenvalue weighted by Gasteiger charge is -2.18. The van der Waals surface area contributed by atoms with Crippen molar-refractivity contribution in [2.24, 2.45) is 0 Å². The second-order valence-electron chi connectivity index (χ2n) is 5.18. The van der Waals surface area contributed by atoms with E-state index in [1.165, 1.54) is 10.9 Å². The predicted molar refractivity (Wildman–Crippen MR) is 81.1 cm³/mol. The van der Waals surface area contributed by atoms with Crippen LogP contribution in [0.25, 0.3) is 0 Å². The number of aromatic carboxylic acids is 1. The van der Waals surface area contributed by atoms with Crippen LogP contribution in [-0.2, 0) is 17.8 Å². The van der Waals surface area contributed by atoms with Gasteiger partial charge in [-0.05, 0) is 24.1 Å². The number of ether oxygens (including phenoxy) is 2. The Morgan fingerprint density at radius 2 is 2.04 bits per heavy atom. The molecule has 1 aliphatic heterocycles. The van der Waals surface area contributed by atoms with Crippen molar-refractivity contribution in [3.8, 4) is 11.5 Å². The van der Waals surface area contributed by atoms with Crippen LogP contribution < -0.4 is 14.8 Å². The summed E-state index contributed by atoms with van der Waals surface area (Å²) in [5.74, 6) is -0.00186. The van der Waals surface area contributed by atoms with Gasteiger partial charge in [-0.1, -0.05) is 11.3 Å². The van der Waals surface area contributed by atoms with Crippen molar-refractivity contribution in [3.05, 3.63) is 35.7 Å². The molecule has 0 atom stereocenters. The zero-order valence-electron chi connectivity index (χ0n) is 12.8. The SMILES string of the molecule is O=C(Cn1cc(C(=O)O)nn1)NCCc1ccc2c(c1)OCCO2. The lowest BCUT2D eigenvalue weighted by molar-refractivity contribution is -0.121. The predicted octanol–water partition coefficient (Wildman–Crippen LogP) is 0.106. The molecule has 126 valence electrons. The summed E-state index contributed by atoms with van der Waals surface area (Å²) in [6, 6.07) is 5.68. The molecule has 0 fully saturated rings. The third-order valence-corrected chi connectivity index (χ3v) is 3.41. The molecule has 9 heteroatoms. The number of hydrogen-bond donors (Lipinski definition) is 2. The van der Waals surface area contributed by atoms with Crippen LogP contribution >= 0.6 is 0 Å². The first-order valence-corrected chi connectivity index (χ1v) is 7.40. The molecule has 1 aliphatic rings. The van der Waals surface area contributed by atoms with Gasteiger partial charge in [0.2, 0.25) is 5.91 Å². The number of carboxylic acid groups (broad SMARTS) is 1. The molecular weight excluding hydrogens is 316 g/mol. The summed E-state index contributed by atoms with van der Waals surface area (Å²) in [6.45, 7) is 1.44. The fraction of sp³-hybridized carbons (Fsp3) is 0.333. The molecule has 1 aromatic heterocycles. The summed E-state index contributed by atoms with van der Waals surface area (Å²) in [6.07, 6.45) is 1.85.